The number of para-hydroxylation sites is 2. The molecule has 5 heteroatoms. The highest BCUT2D eigenvalue weighted by molar-refractivity contribution is 6.30. The second kappa shape index (κ2) is 8.22. The number of fused-ring (bicyclic) bond motifs is 1. The van der Waals surface area contributed by atoms with Gasteiger partial charge in [-0.25, -0.2) is 4.98 Å². The number of aromatic nitrogens is 2. The summed E-state index contributed by atoms with van der Waals surface area (Å²) in [6, 6.07) is 16.5. The summed E-state index contributed by atoms with van der Waals surface area (Å²) >= 11 is 6.02. The van der Waals surface area contributed by atoms with Crippen LogP contribution in [0.4, 0.5) is 0 Å². The van der Waals surface area contributed by atoms with E-state index in [1.54, 1.807) is 0 Å². The Hall–Kier alpha value is -1.55. The van der Waals surface area contributed by atoms with Gasteiger partial charge in [0.15, 0.2) is 0 Å². The van der Waals surface area contributed by atoms with Crippen LogP contribution in [0, 0.1) is 0 Å². The van der Waals surface area contributed by atoms with Crippen molar-refractivity contribution in [1.82, 2.24) is 14.5 Å². The SMILES string of the molecule is Cl.Clc1ccc(Cn2c(CN3CCCCC3)nc3ccccc32)cc1. The van der Waals surface area contributed by atoms with Crippen LogP contribution in [-0.4, -0.2) is 27.5 Å². The topological polar surface area (TPSA) is 21.1 Å². The highest BCUT2D eigenvalue weighted by Crippen LogP contribution is 2.21. The van der Waals surface area contributed by atoms with Gasteiger partial charge in [-0.3, -0.25) is 4.90 Å². The Balaban J connectivity index is 0.00000182. The van der Waals surface area contributed by atoms with Crippen LogP contribution in [0.25, 0.3) is 11.0 Å². The molecule has 0 saturated carbocycles. The summed E-state index contributed by atoms with van der Waals surface area (Å²) in [6.45, 7) is 4.14. The van der Waals surface area contributed by atoms with E-state index in [-0.39, 0.29) is 12.4 Å². The quantitative estimate of drug-likeness (QED) is 0.628. The molecule has 0 atom stereocenters. The fourth-order valence-electron chi connectivity index (χ4n) is 3.51. The van der Waals surface area contributed by atoms with Crippen LogP contribution in [-0.2, 0) is 13.1 Å². The van der Waals surface area contributed by atoms with Crippen molar-refractivity contribution in [3.8, 4) is 0 Å². The van der Waals surface area contributed by atoms with E-state index in [9.17, 15) is 0 Å². The Bertz CT molecular complexity index is 821. The molecule has 3 aromatic rings. The van der Waals surface area contributed by atoms with Gasteiger partial charge in [-0.05, 0) is 55.8 Å². The summed E-state index contributed by atoms with van der Waals surface area (Å²) < 4.78 is 2.35. The molecule has 0 bridgehead atoms. The van der Waals surface area contributed by atoms with E-state index in [4.69, 9.17) is 16.6 Å². The summed E-state index contributed by atoms with van der Waals surface area (Å²) in [6.07, 6.45) is 3.96. The number of benzene rings is 2. The van der Waals surface area contributed by atoms with Gasteiger partial charge in [-0.1, -0.05) is 42.3 Å². The molecular weight excluding hydrogens is 353 g/mol. The lowest BCUT2D eigenvalue weighted by Gasteiger charge is -2.26. The third kappa shape index (κ3) is 4.17. The van der Waals surface area contributed by atoms with E-state index in [0.717, 1.165) is 29.5 Å². The minimum absolute atomic E-state index is 0. The van der Waals surface area contributed by atoms with E-state index in [1.165, 1.54) is 43.4 Å². The minimum Gasteiger partial charge on any atom is -0.322 e. The first-order chi connectivity index (χ1) is 11.8. The number of hydrogen-bond acceptors (Lipinski definition) is 2. The Labute approximate surface area is 160 Å². The van der Waals surface area contributed by atoms with Crippen LogP contribution in [0.3, 0.4) is 0 Å². The molecule has 0 spiro atoms. The van der Waals surface area contributed by atoms with Crippen LogP contribution in [0.15, 0.2) is 48.5 Å². The van der Waals surface area contributed by atoms with Gasteiger partial charge in [0.1, 0.15) is 5.82 Å². The third-order valence-electron chi connectivity index (χ3n) is 4.80. The third-order valence-corrected chi connectivity index (χ3v) is 5.05. The van der Waals surface area contributed by atoms with E-state index < -0.39 is 0 Å². The van der Waals surface area contributed by atoms with Crippen molar-refractivity contribution in [1.29, 1.82) is 0 Å². The Morgan fingerprint density at radius 1 is 0.880 bits per heavy atom. The molecule has 4 rings (SSSR count). The molecule has 2 heterocycles. The van der Waals surface area contributed by atoms with Gasteiger partial charge >= 0.3 is 0 Å². The van der Waals surface area contributed by atoms with Crippen molar-refractivity contribution in [2.24, 2.45) is 0 Å². The molecule has 1 fully saturated rings. The number of likely N-dealkylation sites (tertiary alicyclic amines) is 1. The lowest BCUT2D eigenvalue weighted by atomic mass is 10.1. The van der Waals surface area contributed by atoms with E-state index in [1.807, 2.05) is 12.1 Å². The maximum absolute atomic E-state index is 6.02. The number of halogens is 2. The summed E-state index contributed by atoms with van der Waals surface area (Å²) in [5, 5.41) is 0.780. The number of piperidine rings is 1. The predicted molar refractivity (Wildman–Crippen MR) is 107 cm³/mol. The van der Waals surface area contributed by atoms with E-state index in [2.05, 4.69) is 45.9 Å². The summed E-state index contributed by atoms with van der Waals surface area (Å²) in [5.74, 6) is 1.16. The summed E-state index contributed by atoms with van der Waals surface area (Å²) in [4.78, 5) is 7.45. The Kier molecular flexibility index (Phi) is 6.00. The van der Waals surface area contributed by atoms with E-state index in [0.29, 0.717) is 0 Å². The molecule has 0 aliphatic carbocycles. The number of rotatable bonds is 4. The molecule has 0 N–H and O–H groups in total. The molecule has 0 radical (unpaired) electrons. The van der Waals surface area contributed by atoms with Crippen molar-refractivity contribution in [3.63, 3.8) is 0 Å². The standard InChI is InChI=1S/C20H22ClN3.ClH/c21-17-10-8-16(9-11-17)14-24-19-7-3-2-6-18(19)22-20(24)15-23-12-4-1-5-13-23;/h2-3,6-11H,1,4-5,12-15H2;1H. The molecule has 25 heavy (non-hydrogen) atoms. The molecule has 0 amide bonds. The van der Waals surface area contributed by atoms with Gasteiger partial charge in [0.2, 0.25) is 0 Å². The van der Waals surface area contributed by atoms with Crippen molar-refractivity contribution in [3.05, 3.63) is 64.9 Å². The molecule has 1 aromatic heterocycles. The molecule has 1 aliphatic rings. The second-order valence-corrected chi connectivity index (χ2v) is 7.00. The molecule has 0 unspecified atom stereocenters. The maximum Gasteiger partial charge on any atom is 0.124 e. The van der Waals surface area contributed by atoms with Gasteiger partial charge in [0.05, 0.1) is 17.6 Å². The average Bonchev–Trinajstić information content (AvgIpc) is 2.95. The first kappa shape index (κ1) is 18.2. The largest absolute Gasteiger partial charge is 0.322 e. The fraction of sp³-hybridized carbons (Fsp3) is 0.350. The zero-order valence-corrected chi connectivity index (χ0v) is 15.8. The molecular formula is C20H23Cl2N3. The molecule has 3 nitrogen and oxygen atoms in total. The zero-order valence-electron chi connectivity index (χ0n) is 14.2. The van der Waals surface area contributed by atoms with Crippen molar-refractivity contribution in [2.75, 3.05) is 13.1 Å². The molecule has 1 aliphatic heterocycles. The van der Waals surface area contributed by atoms with Crippen molar-refractivity contribution < 1.29 is 0 Å². The lowest BCUT2D eigenvalue weighted by molar-refractivity contribution is 0.214. The lowest BCUT2D eigenvalue weighted by Crippen LogP contribution is -2.30. The second-order valence-electron chi connectivity index (χ2n) is 6.57. The normalized spacial score (nSPS) is 15.2. The summed E-state index contributed by atoms with van der Waals surface area (Å²) in [7, 11) is 0. The van der Waals surface area contributed by atoms with Crippen LogP contribution in [0.2, 0.25) is 5.02 Å². The van der Waals surface area contributed by atoms with Gasteiger partial charge in [-0.2, -0.15) is 0 Å². The van der Waals surface area contributed by atoms with Crippen LogP contribution in [0.1, 0.15) is 30.7 Å². The maximum atomic E-state index is 6.02. The molecule has 2 aromatic carbocycles. The first-order valence-corrected chi connectivity index (χ1v) is 9.08. The van der Waals surface area contributed by atoms with E-state index >= 15 is 0 Å². The number of imidazole rings is 1. The monoisotopic (exact) mass is 375 g/mol. The van der Waals surface area contributed by atoms with Crippen molar-refractivity contribution in [2.45, 2.75) is 32.4 Å². The summed E-state index contributed by atoms with van der Waals surface area (Å²) in [5.41, 5.74) is 3.54. The van der Waals surface area contributed by atoms with Crippen LogP contribution in [0.5, 0.6) is 0 Å². The van der Waals surface area contributed by atoms with Crippen LogP contribution < -0.4 is 0 Å². The smallest absolute Gasteiger partial charge is 0.124 e. The fourth-order valence-corrected chi connectivity index (χ4v) is 3.64. The van der Waals surface area contributed by atoms with Crippen LogP contribution >= 0.6 is 24.0 Å². The highest BCUT2D eigenvalue weighted by Gasteiger charge is 2.16. The first-order valence-electron chi connectivity index (χ1n) is 8.70. The van der Waals surface area contributed by atoms with Gasteiger partial charge in [0, 0.05) is 11.6 Å². The molecule has 1 saturated heterocycles. The predicted octanol–water partition coefficient (Wildman–Crippen LogP) is 5.15. The van der Waals surface area contributed by atoms with Gasteiger partial charge < -0.3 is 4.57 Å². The van der Waals surface area contributed by atoms with Crippen molar-refractivity contribution >= 4 is 35.0 Å². The number of nitrogens with zero attached hydrogens (tertiary/aromatic N) is 3. The minimum atomic E-state index is 0. The molecule has 132 valence electrons. The highest BCUT2D eigenvalue weighted by atomic mass is 35.5. The van der Waals surface area contributed by atoms with Gasteiger partial charge in [0.25, 0.3) is 0 Å². The Morgan fingerprint density at radius 3 is 2.36 bits per heavy atom. The zero-order chi connectivity index (χ0) is 16.4. The van der Waals surface area contributed by atoms with Gasteiger partial charge in [-0.15, -0.1) is 12.4 Å². The Morgan fingerprint density at radius 2 is 1.60 bits per heavy atom. The average molecular weight is 376 g/mol. The number of hydrogen-bond donors (Lipinski definition) is 0.